The van der Waals surface area contributed by atoms with Gasteiger partial charge in [0.1, 0.15) is 0 Å². The molecule has 0 aromatic heterocycles. The van der Waals surface area contributed by atoms with Gasteiger partial charge in [0, 0.05) is 6.04 Å². The van der Waals surface area contributed by atoms with Gasteiger partial charge in [-0.1, -0.05) is 20.8 Å². The number of rotatable bonds is 1. The van der Waals surface area contributed by atoms with Gasteiger partial charge in [-0.3, -0.25) is 4.99 Å². The minimum absolute atomic E-state index is 0.398. The number of hydrogen-bond acceptors (Lipinski definition) is 1. The molecule has 0 rings (SSSR count). The van der Waals surface area contributed by atoms with Crippen LogP contribution in [0.4, 0.5) is 0 Å². The number of aliphatic imine (C=N–C) groups is 1. The smallest absolute Gasteiger partial charge is 0.0436 e. The SMILES string of the molecule is C=NC(C)C.CC(C)C. The van der Waals surface area contributed by atoms with Crippen molar-refractivity contribution < 1.29 is 0 Å². The van der Waals surface area contributed by atoms with Gasteiger partial charge in [0.05, 0.1) is 0 Å². The van der Waals surface area contributed by atoms with Crippen LogP contribution in [0.5, 0.6) is 0 Å². The summed E-state index contributed by atoms with van der Waals surface area (Å²) in [7, 11) is 0. The zero-order valence-electron chi connectivity index (χ0n) is 7.31. The van der Waals surface area contributed by atoms with Crippen LogP contribution in [0.2, 0.25) is 0 Å². The van der Waals surface area contributed by atoms with Gasteiger partial charge < -0.3 is 0 Å². The third-order valence-corrected chi connectivity index (χ3v) is 0.365. The van der Waals surface area contributed by atoms with E-state index in [1.165, 1.54) is 0 Å². The quantitative estimate of drug-likeness (QED) is 0.483. The Labute approximate surface area is 59.2 Å². The summed E-state index contributed by atoms with van der Waals surface area (Å²) < 4.78 is 0. The monoisotopic (exact) mass is 129 g/mol. The maximum absolute atomic E-state index is 3.64. The normalized spacial score (nSPS) is 8.78. The average Bonchev–Trinajstić information content (AvgIpc) is 1.65. The third-order valence-electron chi connectivity index (χ3n) is 0.365. The minimum atomic E-state index is 0.398. The van der Waals surface area contributed by atoms with E-state index < -0.39 is 0 Å². The van der Waals surface area contributed by atoms with Gasteiger partial charge >= 0.3 is 0 Å². The largest absolute Gasteiger partial charge is 0.298 e. The first-order valence-corrected chi connectivity index (χ1v) is 3.46. The molecule has 56 valence electrons. The highest BCUT2D eigenvalue weighted by Crippen LogP contribution is 1.81. The topological polar surface area (TPSA) is 12.4 Å². The fourth-order valence-corrected chi connectivity index (χ4v) is 0. The van der Waals surface area contributed by atoms with Crippen molar-refractivity contribution in [1.29, 1.82) is 0 Å². The summed E-state index contributed by atoms with van der Waals surface area (Å²) in [5.41, 5.74) is 0. The molecule has 0 radical (unpaired) electrons. The highest BCUT2D eigenvalue weighted by molar-refractivity contribution is 5.23. The molecule has 0 bridgehead atoms. The number of hydrogen-bond donors (Lipinski definition) is 0. The Hall–Kier alpha value is -0.330. The van der Waals surface area contributed by atoms with Crippen LogP contribution in [0.3, 0.4) is 0 Å². The lowest BCUT2D eigenvalue weighted by molar-refractivity contribution is 0.737. The first kappa shape index (κ1) is 11.5. The molecular weight excluding hydrogens is 110 g/mol. The van der Waals surface area contributed by atoms with Gasteiger partial charge in [-0.2, -0.15) is 0 Å². The fraction of sp³-hybridized carbons (Fsp3) is 0.875. The zero-order valence-corrected chi connectivity index (χ0v) is 7.31. The Morgan fingerprint density at radius 2 is 1.11 bits per heavy atom. The molecule has 9 heavy (non-hydrogen) atoms. The van der Waals surface area contributed by atoms with Crippen LogP contribution in [0.25, 0.3) is 0 Å². The van der Waals surface area contributed by atoms with Crippen molar-refractivity contribution in [3.8, 4) is 0 Å². The highest BCUT2D eigenvalue weighted by Gasteiger charge is 1.74. The molecule has 0 saturated heterocycles. The summed E-state index contributed by atoms with van der Waals surface area (Å²) >= 11 is 0. The molecule has 0 amide bonds. The Morgan fingerprint density at radius 3 is 1.11 bits per heavy atom. The summed E-state index contributed by atoms with van der Waals surface area (Å²) in [4.78, 5) is 3.64. The maximum Gasteiger partial charge on any atom is 0.0436 e. The molecule has 0 atom stereocenters. The van der Waals surface area contributed by atoms with E-state index in [0.717, 1.165) is 5.92 Å². The second-order valence-electron chi connectivity index (χ2n) is 3.01. The fourth-order valence-electron chi connectivity index (χ4n) is 0. The van der Waals surface area contributed by atoms with Crippen molar-refractivity contribution in [3.63, 3.8) is 0 Å². The molecule has 0 N–H and O–H groups in total. The van der Waals surface area contributed by atoms with Crippen molar-refractivity contribution in [1.82, 2.24) is 0 Å². The molecule has 0 unspecified atom stereocenters. The van der Waals surface area contributed by atoms with Crippen LogP contribution in [0.15, 0.2) is 4.99 Å². The molecule has 1 nitrogen and oxygen atoms in total. The summed E-state index contributed by atoms with van der Waals surface area (Å²) in [6, 6.07) is 0.398. The molecule has 0 fully saturated rings. The maximum atomic E-state index is 3.64. The van der Waals surface area contributed by atoms with E-state index in [1.807, 2.05) is 13.8 Å². The summed E-state index contributed by atoms with van der Waals surface area (Å²) in [6.45, 7) is 13.8. The first-order chi connectivity index (χ1) is 4.00. The van der Waals surface area contributed by atoms with Crippen LogP contribution in [0, 0.1) is 5.92 Å². The molecule has 0 aromatic rings. The summed E-state index contributed by atoms with van der Waals surface area (Å²) in [6.07, 6.45) is 0. The van der Waals surface area contributed by atoms with E-state index in [0.29, 0.717) is 6.04 Å². The van der Waals surface area contributed by atoms with E-state index >= 15 is 0 Å². The molecule has 0 aliphatic heterocycles. The number of nitrogens with zero attached hydrogens (tertiary/aromatic N) is 1. The van der Waals surface area contributed by atoms with Crippen LogP contribution in [-0.2, 0) is 0 Å². The standard InChI is InChI=1S/C4H9N.C4H10/c1-4(2)5-3;1-4(2)3/h4H,3H2,1-2H3;4H,1-3H3. The molecule has 0 aromatic carbocycles. The lowest BCUT2D eigenvalue weighted by atomic mass is 10.3. The van der Waals surface area contributed by atoms with E-state index in [1.54, 1.807) is 0 Å². The average molecular weight is 129 g/mol. The zero-order chi connectivity index (χ0) is 7.86. The van der Waals surface area contributed by atoms with Crippen molar-refractivity contribution in [3.05, 3.63) is 0 Å². The van der Waals surface area contributed by atoms with E-state index in [2.05, 4.69) is 32.5 Å². The molecule has 0 spiro atoms. The second kappa shape index (κ2) is 7.67. The minimum Gasteiger partial charge on any atom is -0.298 e. The van der Waals surface area contributed by atoms with Crippen molar-refractivity contribution in [2.75, 3.05) is 0 Å². The lowest BCUT2D eigenvalue weighted by Gasteiger charge is -1.85. The van der Waals surface area contributed by atoms with Crippen molar-refractivity contribution in [2.24, 2.45) is 10.9 Å². The van der Waals surface area contributed by atoms with Gasteiger partial charge in [0.25, 0.3) is 0 Å². The molecular formula is C8H19N. The van der Waals surface area contributed by atoms with E-state index in [4.69, 9.17) is 0 Å². The summed E-state index contributed by atoms with van der Waals surface area (Å²) in [5.74, 6) is 0.833. The highest BCUT2D eigenvalue weighted by atomic mass is 14.7. The van der Waals surface area contributed by atoms with Gasteiger partial charge in [-0.25, -0.2) is 0 Å². The predicted molar refractivity (Wildman–Crippen MR) is 45.2 cm³/mol. The van der Waals surface area contributed by atoms with E-state index in [9.17, 15) is 0 Å². The summed E-state index contributed by atoms with van der Waals surface area (Å²) in [5, 5.41) is 0. The van der Waals surface area contributed by atoms with Crippen LogP contribution in [-0.4, -0.2) is 12.8 Å². The van der Waals surface area contributed by atoms with Crippen LogP contribution in [0.1, 0.15) is 34.6 Å². The molecule has 0 aliphatic carbocycles. The van der Waals surface area contributed by atoms with Gasteiger partial charge in [-0.05, 0) is 26.5 Å². The van der Waals surface area contributed by atoms with Crippen LogP contribution >= 0.6 is 0 Å². The Balaban J connectivity index is 0. The molecule has 0 heterocycles. The van der Waals surface area contributed by atoms with Gasteiger partial charge in [0.15, 0.2) is 0 Å². The van der Waals surface area contributed by atoms with Crippen molar-refractivity contribution >= 4 is 6.72 Å². The Kier molecular flexibility index (Phi) is 9.77. The predicted octanol–water partition coefficient (Wildman–Crippen LogP) is 2.76. The third kappa shape index (κ3) is 88.4. The lowest BCUT2D eigenvalue weighted by Crippen LogP contribution is -1.82. The van der Waals surface area contributed by atoms with E-state index in [-0.39, 0.29) is 0 Å². The molecule has 0 aliphatic rings. The van der Waals surface area contributed by atoms with Crippen molar-refractivity contribution in [2.45, 2.75) is 40.7 Å². The van der Waals surface area contributed by atoms with Gasteiger partial charge in [-0.15, -0.1) is 0 Å². The second-order valence-corrected chi connectivity index (χ2v) is 3.01. The Bertz CT molecular complexity index is 52.8. The Morgan fingerprint density at radius 1 is 1.00 bits per heavy atom. The van der Waals surface area contributed by atoms with Crippen LogP contribution < -0.4 is 0 Å². The molecule has 0 saturated carbocycles. The first-order valence-electron chi connectivity index (χ1n) is 3.46. The molecule has 1 heteroatoms. The van der Waals surface area contributed by atoms with Gasteiger partial charge in [0.2, 0.25) is 0 Å².